The molecular formula is C24H28N6. The minimum Gasteiger partial charge on any atom is -0.354 e. The fourth-order valence-electron chi connectivity index (χ4n) is 3.52. The molecule has 4 aromatic rings. The number of pyridine rings is 1. The average Bonchev–Trinajstić information content (AvgIpc) is 3.11. The van der Waals surface area contributed by atoms with E-state index in [1.165, 1.54) is 11.1 Å². The van der Waals surface area contributed by atoms with Gasteiger partial charge in [-0.15, -0.1) is 0 Å². The van der Waals surface area contributed by atoms with Crippen molar-refractivity contribution in [3.05, 3.63) is 66.0 Å². The molecular weight excluding hydrogens is 372 g/mol. The van der Waals surface area contributed by atoms with Crippen molar-refractivity contribution in [1.29, 1.82) is 0 Å². The maximum atomic E-state index is 5.01. The smallest absolute Gasteiger partial charge is 0.223 e. The first kappa shape index (κ1) is 20.0. The molecule has 154 valence electrons. The lowest BCUT2D eigenvalue weighted by Crippen LogP contribution is -2.10. The molecule has 0 spiro atoms. The second-order valence-corrected chi connectivity index (χ2v) is 7.87. The summed E-state index contributed by atoms with van der Waals surface area (Å²) in [5.74, 6) is 0.642. The Bertz CT molecular complexity index is 1140. The lowest BCUT2D eigenvalue weighted by molar-refractivity contribution is 0.402. The van der Waals surface area contributed by atoms with Crippen LogP contribution in [-0.2, 0) is 6.54 Å². The first-order valence-corrected chi connectivity index (χ1v) is 10.3. The summed E-state index contributed by atoms with van der Waals surface area (Å²) in [5, 5.41) is 3.28. The van der Waals surface area contributed by atoms with Crippen LogP contribution in [-0.4, -0.2) is 44.9 Å². The van der Waals surface area contributed by atoms with Gasteiger partial charge in [-0.2, -0.15) is 0 Å². The van der Waals surface area contributed by atoms with Crippen LogP contribution in [0.4, 0.5) is 5.95 Å². The number of benzene rings is 1. The van der Waals surface area contributed by atoms with Gasteiger partial charge in [0.25, 0.3) is 0 Å². The van der Waals surface area contributed by atoms with Crippen LogP contribution in [0.5, 0.6) is 0 Å². The zero-order valence-corrected chi connectivity index (χ0v) is 18.1. The molecule has 0 atom stereocenters. The van der Waals surface area contributed by atoms with Gasteiger partial charge in [-0.1, -0.05) is 36.8 Å². The van der Waals surface area contributed by atoms with Crippen LogP contribution in [0.25, 0.3) is 28.3 Å². The largest absolute Gasteiger partial charge is 0.354 e. The number of nitrogens with one attached hydrogen (secondary N) is 1. The molecule has 3 heterocycles. The van der Waals surface area contributed by atoms with Gasteiger partial charge in [0.1, 0.15) is 5.65 Å². The molecule has 0 unspecified atom stereocenters. The van der Waals surface area contributed by atoms with Crippen LogP contribution < -0.4 is 5.32 Å². The fraction of sp³-hybridized carbons (Fsp3) is 0.292. The molecule has 6 nitrogen and oxygen atoms in total. The molecule has 0 saturated heterocycles. The van der Waals surface area contributed by atoms with Crippen LogP contribution in [0.1, 0.15) is 24.5 Å². The fourth-order valence-corrected chi connectivity index (χ4v) is 3.52. The summed E-state index contributed by atoms with van der Waals surface area (Å²) in [5.41, 5.74) is 7.21. The lowest BCUT2D eigenvalue weighted by Gasteiger charge is -2.10. The van der Waals surface area contributed by atoms with E-state index in [2.05, 4.69) is 90.1 Å². The standard InChI is InChI=1S/C24H28N6/c1-5-12-25-24-26-13-10-20(27-24)23-22(19-8-6-17(2)7-9-19)28-21-15-18(16-29(3)4)11-14-30(21)23/h6-11,13-15H,5,12,16H2,1-4H3,(H,25,26,27). The van der Waals surface area contributed by atoms with Crippen molar-refractivity contribution in [1.82, 2.24) is 24.3 Å². The third kappa shape index (κ3) is 4.19. The van der Waals surface area contributed by atoms with Crippen LogP contribution in [0, 0.1) is 6.92 Å². The summed E-state index contributed by atoms with van der Waals surface area (Å²) in [6, 6.07) is 14.7. The predicted octanol–water partition coefficient (Wildman–Crippen LogP) is 4.65. The maximum Gasteiger partial charge on any atom is 0.223 e. The van der Waals surface area contributed by atoms with Crippen LogP contribution in [0.3, 0.4) is 0 Å². The minimum atomic E-state index is 0.642. The first-order valence-electron chi connectivity index (χ1n) is 10.3. The summed E-state index contributed by atoms with van der Waals surface area (Å²) < 4.78 is 2.13. The highest BCUT2D eigenvalue weighted by Crippen LogP contribution is 2.32. The summed E-state index contributed by atoms with van der Waals surface area (Å²) >= 11 is 0. The van der Waals surface area contributed by atoms with Crippen molar-refractivity contribution in [2.24, 2.45) is 0 Å². The molecule has 0 saturated carbocycles. The number of rotatable bonds is 7. The highest BCUT2D eigenvalue weighted by Gasteiger charge is 2.18. The van der Waals surface area contributed by atoms with Crippen LogP contribution in [0.15, 0.2) is 54.9 Å². The quantitative estimate of drug-likeness (QED) is 0.489. The molecule has 0 aliphatic carbocycles. The van der Waals surface area contributed by atoms with Gasteiger partial charge in [0.2, 0.25) is 5.95 Å². The van der Waals surface area contributed by atoms with Gasteiger partial charge < -0.3 is 10.2 Å². The van der Waals surface area contributed by atoms with Crippen molar-refractivity contribution in [3.8, 4) is 22.6 Å². The molecule has 6 heteroatoms. The van der Waals surface area contributed by atoms with Crippen molar-refractivity contribution in [2.45, 2.75) is 26.8 Å². The first-order chi connectivity index (χ1) is 14.5. The second kappa shape index (κ2) is 8.63. The molecule has 0 radical (unpaired) electrons. The number of aromatic nitrogens is 4. The Morgan fingerprint density at radius 2 is 1.83 bits per heavy atom. The van der Waals surface area contributed by atoms with Gasteiger partial charge in [0, 0.05) is 31.0 Å². The Balaban J connectivity index is 1.89. The third-order valence-electron chi connectivity index (χ3n) is 4.95. The number of imidazole rings is 1. The normalized spacial score (nSPS) is 11.4. The highest BCUT2D eigenvalue weighted by atomic mass is 15.1. The van der Waals surface area contributed by atoms with E-state index in [9.17, 15) is 0 Å². The number of hydrogen-bond donors (Lipinski definition) is 1. The van der Waals surface area contributed by atoms with Crippen molar-refractivity contribution in [2.75, 3.05) is 26.0 Å². The second-order valence-electron chi connectivity index (χ2n) is 7.87. The van der Waals surface area contributed by atoms with E-state index in [0.29, 0.717) is 5.95 Å². The topological polar surface area (TPSA) is 58.4 Å². The molecule has 0 aliphatic heterocycles. The monoisotopic (exact) mass is 400 g/mol. The summed E-state index contributed by atoms with van der Waals surface area (Å²) in [7, 11) is 4.15. The van der Waals surface area contributed by atoms with Gasteiger partial charge in [-0.3, -0.25) is 4.40 Å². The Morgan fingerprint density at radius 3 is 2.57 bits per heavy atom. The molecule has 1 N–H and O–H groups in total. The van der Waals surface area contributed by atoms with E-state index in [-0.39, 0.29) is 0 Å². The number of anilines is 1. The summed E-state index contributed by atoms with van der Waals surface area (Å²) in [6.45, 7) is 5.94. The number of aryl methyl sites for hydroxylation is 1. The highest BCUT2D eigenvalue weighted by molar-refractivity contribution is 5.80. The van der Waals surface area contributed by atoms with Crippen molar-refractivity contribution in [3.63, 3.8) is 0 Å². The molecule has 0 aliphatic rings. The molecule has 30 heavy (non-hydrogen) atoms. The third-order valence-corrected chi connectivity index (χ3v) is 4.95. The Hall–Kier alpha value is -3.25. The van der Waals surface area contributed by atoms with Gasteiger partial charge in [-0.25, -0.2) is 15.0 Å². The Labute approximate surface area is 177 Å². The van der Waals surface area contributed by atoms with E-state index in [4.69, 9.17) is 9.97 Å². The number of nitrogens with zero attached hydrogens (tertiary/aromatic N) is 5. The average molecular weight is 401 g/mol. The molecule has 3 aromatic heterocycles. The van der Waals surface area contributed by atoms with E-state index in [0.717, 1.165) is 47.8 Å². The summed E-state index contributed by atoms with van der Waals surface area (Å²) in [6.07, 6.45) is 4.92. The number of hydrogen-bond acceptors (Lipinski definition) is 5. The maximum absolute atomic E-state index is 5.01. The minimum absolute atomic E-state index is 0.642. The van der Waals surface area contributed by atoms with Gasteiger partial charge in [0.05, 0.1) is 17.1 Å². The van der Waals surface area contributed by atoms with Gasteiger partial charge in [-0.05, 0) is 51.2 Å². The van der Waals surface area contributed by atoms with Gasteiger partial charge >= 0.3 is 0 Å². The van der Waals surface area contributed by atoms with Crippen molar-refractivity contribution < 1.29 is 0 Å². The van der Waals surface area contributed by atoms with Crippen LogP contribution in [0.2, 0.25) is 0 Å². The van der Waals surface area contributed by atoms with E-state index >= 15 is 0 Å². The van der Waals surface area contributed by atoms with Crippen molar-refractivity contribution >= 4 is 11.6 Å². The van der Waals surface area contributed by atoms with E-state index in [1.807, 2.05) is 6.07 Å². The molecule has 1 aromatic carbocycles. The zero-order chi connectivity index (χ0) is 21.1. The zero-order valence-electron chi connectivity index (χ0n) is 18.1. The lowest BCUT2D eigenvalue weighted by atomic mass is 10.1. The molecule has 0 bridgehead atoms. The molecule has 0 amide bonds. The number of fused-ring (bicyclic) bond motifs is 1. The SMILES string of the molecule is CCCNc1nccc(-c2c(-c3ccc(C)cc3)nc3cc(CN(C)C)ccn23)n1. The predicted molar refractivity (Wildman–Crippen MR) is 123 cm³/mol. The van der Waals surface area contributed by atoms with E-state index in [1.54, 1.807) is 6.20 Å². The van der Waals surface area contributed by atoms with Crippen LogP contribution >= 0.6 is 0 Å². The summed E-state index contributed by atoms with van der Waals surface area (Å²) in [4.78, 5) is 16.3. The molecule has 4 rings (SSSR count). The van der Waals surface area contributed by atoms with E-state index < -0.39 is 0 Å². The van der Waals surface area contributed by atoms with Gasteiger partial charge in [0.15, 0.2) is 0 Å². The molecule has 0 fully saturated rings. The Kier molecular flexibility index (Phi) is 5.77. The Morgan fingerprint density at radius 1 is 1.03 bits per heavy atom.